The highest BCUT2D eigenvalue weighted by molar-refractivity contribution is 5.10. The van der Waals surface area contributed by atoms with E-state index in [0.29, 0.717) is 5.41 Å². The maximum Gasteiger partial charge on any atom is -0.00972 e. The van der Waals surface area contributed by atoms with Crippen LogP contribution in [0.3, 0.4) is 0 Å². The molecule has 68 valence electrons. The van der Waals surface area contributed by atoms with Crippen molar-refractivity contribution in [1.82, 2.24) is 0 Å². The highest BCUT2D eigenvalue weighted by Crippen LogP contribution is 2.29. The van der Waals surface area contributed by atoms with Gasteiger partial charge in [0.15, 0.2) is 0 Å². The van der Waals surface area contributed by atoms with Gasteiger partial charge in [-0.2, -0.15) is 0 Å². The first kappa shape index (κ1) is 9.61. The SMILES string of the molecule is CC(C)(C)C1=C=CCCCCC1. The van der Waals surface area contributed by atoms with Crippen LogP contribution in [-0.2, 0) is 0 Å². The molecule has 0 spiro atoms. The number of allylic oxidation sites excluding steroid dienone is 1. The summed E-state index contributed by atoms with van der Waals surface area (Å²) in [5.41, 5.74) is 5.28. The van der Waals surface area contributed by atoms with E-state index in [0.717, 1.165) is 0 Å². The number of rotatable bonds is 0. The van der Waals surface area contributed by atoms with Gasteiger partial charge in [-0.15, -0.1) is 5.73 Å². The van der Waals surface area contributed by atoms with Crippen LogP contribution in [0.4, 0.5) is 0 Å². The van der Waals surface area contributed by atoms with Crippen LogP contribution in [-0.4, -0.2) is 0 Å². The first-order valence-corrected chi connectivity index (χ1v) is 5.05. The van der Waals surface area contributed by atoms with Crippen LogP contribution >= 0.6 is 0 Å². The summed E-state index contributed by atoms with van der Waals surface area (Å²) in [7, 11) is 0. The van der Waals surface area contributed by atoms with Gasteiger partial charge in [-0.05, 0) is 42.7 Å². The van der Waals surface area contributed by atoms with Crippen LogP contribution < -0.4 is 0 Å². The maximum absolute atomic E-state index is 3.45. The molecule has 0 amide bonds. The molecule has 0 radical (unpaired) electrons. The van der Waals surface area contributed by atoms with Crippen molar-refractivity contribution < 1.29 is 0 Å². The molecule has 0 heterocycles. The van der Waals surface area contributed by atoms with Gasteiger partial charge in [0.1, 0.15) is 0 Å². The predicted octanol–water partition coefficient (Wildman–Crippen LogP) is 4.08. The van der Waals surface area contributed by atoms with E-state index >= 15 is 0 Å². The Balaban J connectivity index is 2.77. The third-order valence-electron chi connectivity index (χ3n) is 2.46. The first-order valence-electron chi connectivity index (χ1n) is 5.05. The van der Waals surface area contributed by atoms with Crippen LogP contribution in [0.2, 0.25) is 0 Å². The lowest BCUT2D eigenvalue weighted by atomic mass is 9.83. The van der Waals surface area contributed by atoms with E-state index in [1.54, 1.807) is 0 Å². The third-order valence-corrected chi connectivity index (χ3v) is 2.46. The minimum atomic E-state index is 0.327. The molecule has 0 unspecified atom stereocenters. The van der Waals surface area contributed by atoms with Crippen molar-refractivity contribution in [2.24, 2.45) is 5.41 Å². The minimum Gasteiger partial charge on any atom is -0.126 e. The lowest BCUT2D eigenvalue weighted by Gasteiger charge is -2.21. The number of hydrogen-bond acceptors (Lipinski definition) is 0. The Hall–Kier alpha value is -0.480. The molecule has 0 aromatic carbocycles. The van der Waals surface area contributed by atoms with Gasteiger partial charge in [-0.25, -0.2) is 0 Å². The van der Waals surface area contributed by atoms with Crippen molar-refractivity contribution in [3.05, 3.63) is 17.4 Å². The second-order valence-electron chi connectivity index (χ2n) is 4.68. The van der Waals surface area contributed by atoms with Gasteiger partial charge >= 0.3 is 0 Å². The highest BCUT2D eigenvalue weighted by atomic mass is 14.2. The molecule has 1 rings (SSSR count). The van der Waals surface area contributed by atoms with E-state index in [1.807, 2.05) is 0 Å². The lowest BCUT2D eigenvalue weighted by Crippen LogP contribution is -2.09. The Morgan fingerprint density at radius 1 is 1.17 bits per heavy atom. The predicted molar refractivity (Wildman–Crippen MR) is 54.1 cm³/mol. The van der Waals surface area contributed by atoms with Crippen molar-refractivity contribution >= 4 is 0 Å². The maximum atomic E-state index is 3.45. The topological polar surface area (TPSA) is 0 Å². The van der Waals surface area contributed by atoms with Gasteiger partial charge in [0.2, 0.25) is 0 Å². The van der Waals surface area contributed by atoms with E-state index < -0.39 is 0 Å². The fourth-order valence-corrected chi connectivity index (χ4v) is 1.58. The second kappa shape index (κ2) is 3.96. The van der Waals surface area contributed by atoms with Gasteiger partial charge in [-0.3, -0.25) is 0 Å². The fraction of sp³-hybridized carbons (Fsp3) is 0.750. The molecule has 0 fully saturated rings. The molecule has 1 aliphatic rings. The summed E-state index contributed by atoms with van der Waals surface area (Å²) < 4.78 is 0. The second-order valence-corrected chi connectivity index (χ2v) is 4.68. The number of hydrogen-bond donors (Lipinski definition) is 0. The summed E-state index contributed by atoms with van der Waals surface area (Å²) in [5.74, 6) is 0. The van der Waals surface area contributed by atoms with Gasteiger partial charge in [0.05, 0.1) is 0 Å². The zero-order valence-corrected chi connectivity index (χ0v) is 8.61. The van der Waals surface area contributed by atoms with E-state index in [2.05, 4.69) is 32.6 Å². The summed E-state index contributed by atoms with van der Waals surface area (Å²) in [6.45, 7) is 6.85. The summed E-state index contributed by atoms with van der Waals surface area (Å²) >= 11 is 0. The summed E-state index contributed by atoms with van der Waals surface area (Å²) in [6.07, 6.45) is 8.79. The Kier molecular flexibility index (Phi) is 3.17. The molecule has 0 bridgehead atoms. The van der Waals surface area contributed by atoms with Crippen LogP contribution in [0.5, 0.6) is 0 Å². The van der Waals surface area contributed by atoms with E-state index in [9.17, 15) is 0 Å². The van der Waals surface area contributed by atoms with Gasteiger partial charge in [-0.1, -0.05) is 27.2 Å². The smallest absolute Gasteiger partial charge is 0.00972 e. The lowest BCUT2D eigenvalue weighted by molar-refractivity contribution is 0.471. The largest absolute Gasteiger partial charge is 0.126 e. The molecule has 0 saturated carbocycles. The van der Waals surface area contributed by atoms with Crippen molar-refractivity contribution in [1.29, 1.82) is 0 Å². The first-order chi connectivity index (χ1) is 5.61. The minimum absolute atomic E-state index is 0.327. The highest BCUT2D eigenvalue weighted by Gasteiger charge is 2.16. The van der Waals surface area contributed by atoms with Gasteiger partial charge in [0.25, 0.3) is 0 Å². The molecule has 0 atom stereocenters. The van der Waals surface area contributed by atoms with Crippen molar-refractivity contribution in [3.8, 4) is 0 Å². The zero-order chi connectivity index (χ0) is 9.03. The zero-order valence-electron chi connectivity index (χ0n) is 8.61. The molecule has 0 saturated heterocycles. The molecule has 12 heavy (non-hydrogen) atoms. The molecule has 0 aromatic heterocycles. The Morgan fingerprint density at radius 3 is 2.58 bits per heavy atom. The summed E-state index contributed by atoms with van der Waals surface area (Å²) in [5, 5.41) is 0. The Bertz CT molecular complexity index is 197. The Labute approximate surface area is 76.4 Å². The summed E-state index contributed by atoms with van der Waals surface area (Å²) in [4.78, 5) is 0. The third kappa shape index (κ3) is 2.87. The van der Waals surface area contributed by atoms with Crippen molar-refractivity contribution in [3.63, 3.8) is 0 Å². The quantitative estimate of drug-likeness (QED) is 0.473. The van der Waals surface area contributed by atoms with E-state index in [-0.39, 0.29) is 0 Å². The van der Waals surface area contributed by atoms with Crippen LogP contribution in [0.15, 0.2) is 17.4 Å². The summed E-state index contributed by atoms with van der Waals surface area (Å²) in [6, 6.07) is 0. The molecular weight excluding hydrogens is 144 g/mol. The van der Waals surface area contributed by atoms with E-state index in [4.69, 9.17) is 0 Å². The fourth-order valence-electron chi connectivity index (χ4n) is 1.58. The molecule has 1 aliphatic carbocycles. The van der Waals surface area contributed by atoms with Gasteiger partial charge < -0.3 is 0 Å². The van der Waals surface area contributed by atoms with Crippen LogP contribution in [0.1, 0.15) is 52.9 Å². The van der Waals surface area contributed by atoms with Crippen LogP contribution in [0.25, 0.3) is 0 Å². The van der Waals surface area contributed by atoms with Gasteiger partial charge in [0, 0.05) is 0 Å². The average Bonchev–Trinajstić information content (AvgIpc) is 1.81. The molecule has 0 nitrogen and oxygen atoms in total. The van der Waals surface area contributed by atoms with Crippen molar-refractivity contribution in [2.45, 2.75) is 52.9 Å². The standard InChI is InChI=1S/C12H20/c1-12(2,3)11-9-7-5-4-6-8-10-11/h7H,4-6,8,10H2,1-3H3. The Morgan fingerprint density at radius 2 is 1.92 bits per heavy atom. The molecule has 0 heteroatoms. The molecule has 0 N–H and O–H groups in total. The average molecular weight is 164 g/mol. The normalized spacial score (nSPS) is 19.8. The molecule has 0 aliphatic heterocycles. The molecular formula is C12H20. The van der Waals surface area contributed by atoms with E-state index in [1.165, 1.54) is 37.7 Å². The van der Waals surface area contributed by atoms with Crippen molar-refractivity contribution in [2.75, 3.05) is 0 Å². The van der Waals surface area contributed by atoms with Crippen LogP contribution in [0, 0.1) is 5.41 Å². The monoisotopic (exact) mass is 164 g/mol. The molecule has 0 aromatic rings.